The molecule has 0 unspecified atom stereocenters. The summed E-state index contributed by atoms with van der Waals surface area (Å²) in [6, 6.07) is 7.60. The summed E-state index contributed by atoms with van der Waals surface area (Å²) in [5.41, 5.74) is 1.20. The molecule has 0 atom stereocenters. The van der Waals surface area contributed by atoms with E-state index in [0.29, 0.717) is 13.0 Å². The van der Waals surface area contributed by atoms with Gasteiger partial charge in [-0.2, -0.15) is 0 Å². The summed E-state index contributed by atoms with van der Waals surface area (Å²) in [5, 5.41) is 0. The van der Waals surface area contributed by atoms with Gasteiger partial charge in [0.2, 0.25) is 0 Å². The SMILES string of the molecule is CC(C)(C)OCCOC(=O)C=Cc1cccc(CC(=O)C(C)(C)C)c1. The number of Topliss-reactive ketones (excluding diaryl/α,β-unsaturated/α-hetero) is 1. The minimum Gasteiger partial charge on any atom is -0.460 e. The summed E-state index contributed by atoms with van der Waals surface area (Å²) in [6.07, 6.45) is 3.47. The maximum absolute atomic E-state index is 12.1. The fourth-order valence-electron chi connectivity index (χ4n) is 1.96. The molecule has 0 aliphatic carbocycles. The summed E-state index contributed by atoms with van der Waals surface area (Å²) in [5.74, 6) is -0.222. The topological polar surface area (TPSA) is 52.6 Å². The molecule has 0 aromatic heterocycles. The molecule has 4 heteroatoms. The number of rotatable bonds is 7. The van der Waals surface area contributed by atoms with Crippen LogP contribution in [0.1, 0.15) is 52.7 Å². The highest BCUT2D eigenvalue weighted by atomic mass is 16.6. The quantitative estimate of drug-likeness (QED) is 0.421. The average molecular weight is 346 g/mol. The Morgan fingerprint density at radius 1 is 1.04 bits per heavy atom. The van der Waals surface area contributed by atoms with E-state index in [1.165, 1.54) is 6.08 Å². The van der Waals surface area contributed by atoms with Crippen molar-refractivity contribution in [3.63, 3.8) is 0 Å². The smallest absolute Gasteiger partial charge is 0.330 e. The lowest BCUT2D eigenvalue weighted by atomic mass is 9.87. The lowest BCUT2D eigenvalue weighted by Crippen LogP contribution is -2.22. The zero-order valence-electron chi connectivity index (χ0n) is 16.2. The predicted molar refractivity (Wildman–Crippen MR) is 100 cm³/mol. The van der Waals surface area contributed by atoms with Crippen molar-refractivity contribution in [2.24, 2.45) is 5.41 Å². The fourth-order valence-corrected chi connectivity index (χ4v) is 1.96. The van der Waals surface area contributed by atoms with E-state index in [9.17, 15) is 9.59 Å². The summed E-state index contributed by atoms with van der Waals surface area (Å²) < 4.78 is 10.6. The molecule has 0 saturated heterocycles. The van der Waals surface area contributed by atoms with E-state index >= 15 is 0 Å². The molecule has 0 spiro atoms. The van der Waals surface area contributed by atoms with Crippen LogP contribution in [-0.2, 0) is 25.5 Å². The number of benzene rings is 1. The maximum Gasteiger partial charge on any atom is 0.330 e. The van der Waals surface area contributed by atoms with Gasteiger partial charge in [0, 0.05) is 17.9 Å². The van der Waals surface area contributed by atoms with Gasteiger partial charge in [-0.15, -0.1) is 0 Å². The lowest BCUT2D eigenvalue weighted by molar-refractivity contribution is -0.140. The number of carbonyl (C=O) groups is 2. The molecule has 0 radical (unpaired) electrons. The van der Waals surface area contributed by atoms with Crippen LogP contribution in [0.25, 0.3) is 6.08 Å². The van der Waals surface area contributed by atoms with Crippen molar-refractivity contribution in [3.8, 4) is 0 Å². The zero-order chi connectivity index (χ0) is 19.1. The van der Waals surface area contributed by atoms with E-state index in [1.807, 2.05) is 65.8 Å². The van der Waals surface area contributed by atoms with E-state index in [4.69, 9.17) is 9.47 Å². The van der Waals surface area contributed by atoms with Gasteiger partial charge in [-0.25, -0.2) is 4.79 Å². The summed E-state index contributed by atoms with van der Waals surface area (Å²) in [7, 11) is 0. The number of hydrogen-bond acceptors (Lipinski definition) is 4. The normalized spacial score (nSPS) is 12.4. The molecule has 0 amide bonds. The number of esters is 1. The van der Waals surface area contributed by atoms with Crippen LogP contribution in [0.15, 0.2) is 30.3 Å². The van der Waals surface area contributed by atoms with Gasteiger partial charge in [-0.05, 0) is 38.0 Å². The zero-order valence-corrected chi connectivity index (χ0v) is 16.2. The summed E-state index contributed by atoms with van der Waals surface area (Å²) in [4.78, 5) is 23.8. The van der Waals surface area contributed by atoms with E-state index in [0.717, 1.165) is 11.1 Å². The van der Waals surface area contributed by atoms with Crippen molar-refractivity contribution < 1.29 is 19.1 Å². The monoisotopic (exact) mass is 346 g/mol. The van der Waals surface area contributed by atoms with Gasteiger partial charge < -0.3 is 9.47 Å². The van der Waals surface area contributed by atoms with E-state index < -0.39 is 5.97 Å². The first-order valence-electron chi connectivity index (χ1n) is 8.58. The largest absolute Gasteiger partial charge is 0.460 e. The third-order valence-corrected chi connectivity index (χ3v) is 3.43. The fraction of sp³-hybridized carbons (Fsp3) is 0.524. The molecule has 0 aliphatic heterocycles. The molecule has 0 N–H and O–H groups in total. The molecular weight excluding hydrogens is 316 g/mol. The first kappa shape index (κ1) is 21.1. The molecule has 0 bridgehead atoms. The highest BCUT2D eigenvalue weighted by molar-refractivity contribution is 5.87. The van der Waals surface area contributed by atoms with Crippen molar-refractivity contribution >= 4 is 17.8 Å². The van der Waals surface area contributed by atoms with Crippen LogP contribution >= 0.6 is 0 Å². The summed E-state index contributed by atoms with van der Waals surface area (Å²) >= 11 is 0. The molecule has 0 fully saturated rings. The van der Waals surface area contributed by atoms with Crippen molar-refractivity contribution in [3.05, 3.63) is 41.5 Å². The first-order chi connectivity index (χ1) is 11.5. The lowest BCUT2D eigenvalue weighted by Gasteiger charge is -2.18. The predicted octanol–water partition coefficient (Wildman–Crippen LogP) is 4.22. The van der Waals surface area contributed by atoms with Crippen molar-refractivity contribution in [1.29, 1.82) is 0 Å². The second-order valence-electron chi connectivity index (χ2n) is 8.06. The van der Waals surface area contributed by atoms with Crippen LogP contribution in [0.2, 0.25) is 0 Å². The Morgan fingerprint density at radius 3 is 2.32 bits per heavy atom. The van der Waals surface area contributed by atoms with E-state index in [2.05, 4.69) is 0 Å². The van der Waals surface area contributed by atoms with Crippen LogP contribution in [0.5, 0.6) is 0 Å². The number of ketones is 1. The molecule has 1 aromatic rings. The Balaban J connectivity index is 2.53. The van der Waals surface area contributed by atoms with Gasteiger partial charge >= 0.3 is 5.97 Å². The van der Waals surface area contributed by atoms with Crippen molar-refractivity contribution in [1.82, 2.24) is 0 Å². The Hall–Kier alpha value is -1.94. The number of hydrogen-bond donors (Lipinski definition) is 0. The second kappa shape index (κ2) is 8.95. The Bertz CT molecular complexity index is 616. The van der Waals surface area contributed by atoms with Crippen molar-refractivity contribution in [2.45, 2.75) is 53.6 Å². The average Bonchev–Trinajstić information content (AvgIpc) is 2.48. The number of carbonyl (C=O) groups excluding carboxylic acids is 2. The van der Waals surface area contributed by atoms with Gasteiger partial charge in [0.05, 0.1) is 12.2 Å². The van der Waals surface area contributed by atoms with E-state index in [-0.39, 0.29) is 23.4 Å². The van der Waals surface area contributed by atoms with Crippen LogP contribution in [0.3, 0.4) is 0 Å². The third kappa shape index (κ3) is 9.20. The highest BCUT2D eigenvalue weighted by Crippen LogP contribution is 2.18. The first-order valence-corrected chi connectivity index (χ1v) is 8.58. The van der Waals surface area contributed by atoms with Crippen molar-refractivity contribution in [2.75, 3.05) is 13.2 Å². The summed E-state index contributed by atoms with van der Waals surface area (Å²) in [6.45, 7) is 12.2. The Morgan fingerprint density at radius 2 is 1.72 bits per heavy atom. The minimum atomic E-state index is -0.409. The second-order valence-corrected chi connectivity index (χ2v) is 8.06. The van der Waals surface area contributed by atoms with Gasteiger partial charge in [0.1, 0.15) is 12.4 Å². The third-order valence-electron chi connectivity index (χ3n) is 3.43. The molecule has 0 saturated carbocycles. The highest BCUT2D eigenvalue weighted by Gasteiger charge is 2.20. The Kier molecular flexibility index (Phi) is 7.56. The van der Waals surface area contributed by atoms with Crippen LogP contribution < -0.4 is 0 Å². The molecule has 0 heterocycles. The Labute approximate surface area is 151 Å². The maximum atomic E-state index is 12.1. The van der Waals surface area contributed by atoms with Crippen LogP contribution in [-0.4, -0.2) is 30.6 Å². The molecule has 1 aromatic carbocycles. The number of ether oxygens (including phenoxy) is 2. The standard InChI is InChI=1S/C21H30O4/c1-20(2,3)18(22)15-17-9-7-8-16(14-17)10-11-19(23)24-12-13-25-21(4,5)6/h7-11,14H,12-13,15H2,1-6H3. The molecule has 1 rings (SSSR count). The molecule has 0 aliphatic rings. The van der Waals surface area contributed by atoms with Gasteiger partial charge in [0.25, 0.3) is 0 Å². The van der Waals surface area contributed by atoms with Gasteiger partial charge in [0.15, 0.2) is 0 Å². The van der Waals surface area contributed by atoms with Gasteiger partial charge in [-0.1, -0.05) is 45.0 Å². The molecule has 138 valence electrons. The van der Waals surface area contributed by atoms with Gasteiger partial charge in [-0.3, -0.25) is 4.79 Å². The van der Waals surface area contributed by atoms with E-state index in [1.54, 1.807) is 6.08 Å². The minimum absolute atomic E-state index is 0.187. The molecule has 25 heavy (non-hydrogen) atoms. The molecular formula is C21H30O4. The molecule has 4 nitrogen and oxygen atoms in total. The van der Waals surface area contributed by atoms with Crippen LogP contribution in [0.4, 0.5) is 0 Å². The van der Waals surface area contributed by atoms with Crippen LogP contribution in [0, 0.1) is 5.41 Å².